The summed E-state index contributed by atoms with van der Waals surface area (Å²) in [6.07, 6.45) is 2.95. The Bertz CT molecular complexity index is 1670. The van der Waals surface area contributed by atoms with Crippen LogP contribution >= 0.6 is 11.6 Å². The second-order valence-electron chi connectivity index (χ2n) is 8.43. The third kappa shape index (κ3) is 5.60. The normalized spacial score (nSPS) is 10.7. The molecule has 0 spiro atoms. The molecule has 5 rings (SSSR count). The SMILES string of the molecule is CCNC(=O)c1cn2ncnc(N)c2c1-c1ccc(NC(=O)Nc2cccc(Oc3ccccc3Cl)c2)cc1. The lowest BCUT2D eigenvalue weighted by molar-refractivity contribution is 0.0956. The number of fused-ring (bicyclic) bond motifs is 1. The summed E-state index contributed by atoms with van der Waals surface area (Å²) in [7, 11) is 0. The van der Waals surface area contributed by atoms with Gasteiger partial charge in [0.15, 0.2) is 5.82 Å². The first-order valence-electron chi connectivity index (χ1n) is 12.0. The van der Waals surface area contributed by atoms with E-state index in [9.17, 15) is 9.59 Å². The van der Waals surface area contributed by atoms with Crippen LogP contribution in [0.5, 0.6) is 11.5 Å². The van der Waals surface area contributed by atoms with Gasteiger partial charge in [-0.2, -0.15) is 5.10 Å². The summed E-state index contributed by atoms with van der Waals surface area (Å²) in [5, 5.41) is 13.1. The Balaban J connectivity index is 1.32. The molecule has 0 radical (unpaired) electrons. The predicted molar refractivity (Wildman–Crippen MR) is 151 cm³/mol. The van der Waals surface area contributed by atoms with E-state index in [0.717, 1.165) is 5.56 Å². The number of nitrogens with one attached hydrogen (secondary N) is 3. The highest BCUT2D eigenvalue weighted by atomic mass is 35.5. The lowest BCUT2D eigenvalue weighted by Crippen LogP contribution is -2.22. The monoisotopic (exact) mass is 541 g/mol. The van der Waals surface area contributed by atoms with Gasteiger partial charge in [0.2, 0.25) is 0 Å². The molecule has 2 heterocycles. The van der Waals surface area contributed by atoms with Gasteiger partial charge in [-0.1, -0.05) is 41.9 Å². The molecule has 5 aromatic rings. The number of para-hydroxylation sites is 1. The van der Waals surface area contributed by atoms with Crippen molar-refractivity contribution >= 4 is 46.2 Å². The molecule has 0 aliphatic rings. The van der Waals surface area contributed by atoms with Crippen LogP contribution in [-0.4, -0.2) is 33.1 Å². The number of anilines is 3. The minimum atomic E-state index is -0.437. The second-order valence-corrected chi connectivity index (χ2v) is 8.84. The third-order valence-corrected chi connectivity index (χ3v) is 6.08. The standard InChI is InChI=1S/C28H24ClN7O3/c1-2-31-27(37)21-15-36-25(26(30)32-16-33-36)24(21)17-10-12-18(13-11-17)34-28(38)35-19-6-5-7-20(14-19)39-23-9-4-3-8-22(23)29/h3-16H,2H2,1H3,(H,31,37)(H2,30,32,33)(H2,34,35,38). The number of hydrogen-bond donors (Lipinski definition) is 4. The zero-order valence-electron chi connectivity index (χ0n) is 20.8. The fourth-order valence-electron chi connectivity index (χ4n) is 4.06. The predicted octanol–water partition coefficient (Wildman–Crippen LogP) is 5.82. The number of nitrogen functional groups attached to an aromatic ring is 1. The Morgan fingerprint density at radius 2 is 1.77 bits per heavy atom. The number of ether oxygens (including phenoxy) is 1. The van der Waals surface area contributed by atoms with Gasteiger partial charge in [0, 0.05) is 35.7 Å². The maximum atomic E-state index is 12.8. The minimum Gasteiger partial charge on any atom is -0.456 e. The van der Waals surface area contributed by atoms with Crippen LogP contribution < -0.4 is 26.4 Å². The highest BCUT2D eigenvalue weighted by Gasteiger charge is 2.21. The lowest BCUT2D eigenvalue weighted by atomic mass is 10.0. The Hall–Kier alpha value is -5.09. The van der Waals surface area contributed by atoms with Crippen molar-refractivity contribution in [1.82, 2.24) is 19.9 Å². The van der Waals surface area contributed by atoms with Crippen molar-refractivity contribution in [3.63, 3.8) is 0 Å². The highest BCUT2D eigenvalue weighted by molar-refractivity contribution is 6.32. The van der Waals surface area contributed by atoms with Gasteiger partial charge in [0.25, 0.3) is 5.91 Å². The molecule has 0 aliphatic heterocycles. The molecule has 0 aliphatic carbocycles. The molecule has 5 N–H and O–H groups in total. The number of benzene rings is 3. The molecule has 0 saturated heterocycles. The molecule has 0 unspecified atom stereocenters. The third-order valence-electron chi connectivity index (χ3n) is 5.77. The number of carbonyl (C=O) groups excluding carboxylic acids is 2. The van der Waals surface area contributed by atoms with E-state index in [1.807, 2.05) is 19.1 Å². The van der Waals surface area contributed by atoms with Crippen LogP contribution in [-0.2, 0) is 0 Å². The summed E-state index contributed by atoms with van der Waals surface area (Å²) in [6.45, 7) is 2.31. The molecule has 0 atom stereocenters. The Kier molecular flexibility index (Phi) is 7.28. The molecule has 3 aromatic carbocycles. The molecule has 39 heavy (non-hydrogen) atoms. The fraction of sp³-hybridized carbons (Fsp3) is 0.0714. The van der Waals surface area contributed by atoms with Crippen LogP contribution in [0.3, 0.4) is 0 Å². The van der Waals surface area contributed by atoms with Crippen molar-refractivity contribution in [2.45, 2.75) is 6.92 Å². The average molecular weight is 542 g/mol. The van der Waals surface area contributed by atoms with E-state index in [-0.39, 0.29) is 11.7 Å². The van der Waals surface area contributed by atoms with E-state index in [2.05, 4.69) is 26.0 Å². The van der Waals surface area contributed by atoms with E-state index < -0.39 is 6.03 Å². The molecule has 3 amide bonds. The molecular formula is C28H24ClN7O3. The summed E-state index contributed by atoms with van der Waals surface area (Å²) < 4.78 is 7.36. The molecule has 0 bridgehead atoms. The summed E-state index contributed by atoms with van der Waals surface area (Å²) in [5.74, 6) is 1.04. The van der Waals surface area contributed by atoms with E-state index >= 15 is 0 Å². The van der Waals surface area contributed by atoms with Crippen LogP contribution in [0.1, 0.15) is 17.3 Å². The van der Waals surface area contributed by atoms with Gasteiger partial charge in [-0.05, 0) is 48.9 Å². The summed E-state index contributed by atoms with van der Waals surface area (Å²) >= 11 is 6.17. The first kappa shape index (κ1) is 25.6. The summed E-state index contributed by atoms with van der Waals surface area (Å²) in [5.41, 5.74) is 9.48. The van der Waals surface area contributed by atoms with E-state index in [4.69, 9.17) is 22.1 Å². The summed E-state index contributed by atoms with van der Waals surface area (Å²) in [4.78, 5) is 29.5. The number of urea groups is 1. The van der Waals surface area contributed by atoms with Gasteiger partial charge in [-0.25, -0.2) is 14.3 Å². The van der Waals surface area contributed by atoms with Crippen LogP contribution in [0.2, 0.25) is 5.02 Å². The van der Waals surface area contributed by atoms with E-state index in [1.165, 1.54) is 10.8 Å². The number of nitrogens with two attached hydrogens (primary N) is 1. The lowest BCUT2D eigenvalue weighted by Gasteiger charge is -2.11. The van der Waals surface area contributed by atoms with Gasteiger partial charge in [0.1, 0.15) is 23.3 Å². The van der Waals surface area contributed by atoms with Crippen molar-refractivity contribution < 1.29 is 14.3 Å². The van der Waals surface area contributed by atoms with Crippen LogP contribution in [0.4, 0.5) is 22.0 Å². The molecule has 2 aromatic heterocycles. The number of halogens is 1. The second kappa shape index (κ2) is 11.1. The van der Waals surface area contributed by atoms with Crippen molar-refractivity contribution in [3.8, 4) is 22.6 Å². The van der Waals surface area contributed by atoms with E-state index in [1.54, 1.807) is 66.9 Å². The van der Waals surface area contributed by atoms with Crippen LogP contribution in [0.15, 0.2) is 85.3 Å². The molecule has 196 valence electrons. The number of rotatable bonds is 7. The Morgan fingerprint density at radius 1 is 1.00 bits per heavy atom. The zero-order chi connectivity index (χ0) is 27.4. The first-order valence-corrected chi connectivity index (χ1v) is 12.4. The minimum absolute atomic E-state index is 0.248. The maximum absolute atomic E-state index is 12.8. The topological polar surface area (TPSA) is 136 Å². The van der Waals surface area contributed by atoms with Crippen molar-refractivity contribution in [2.24, 2.45) is 0 Å². The zero-order valence-corrected chi connectivity index (χ0v) is 21.6. The fourth-order valence-corrected chi connectivity index (χ4v) is 4.23. The number of aromatic nitrogens is 3. The van der Waals surface area contributed by atoms with Gasteiger partial charge >= 0.3 is 6.03 Å². The maximum Gasteiger partial charge on any atom is 0.323 e. The quantitative estimate of drug-likeness (QED) is 0.205. The Labute approximate surface area is 228 Å². The molecular weight excluding hydrogens is 518 g/mol. The first-order chi connectivity index (χ1) is 18.9. The van der Waals surface area contributed by atoms with Crippen molar-refractivity contribution in [3.05, 3.63) is 95.9 Å². The van der Waals surface area contributed by atoms with Gasteiger partial charge in [-0.15, -0.1) is 0 Å². The van der Waals surface area contributed by atoms with Crippen LogP contribution in [0.25, 0.3) is 16.6 Å². The van der Waals surface area contributed by atoms with Gasteiger partial charge < -0.3 is 26.4 Å². The van der Waals surface area contributed by atoms with Crippen molar-refractivity contribution in [2.75, 3.05) is 22.9 Å². The Morgan fingerprint density at radius 3 is 2.54 bits per heavy atom. The number of amides is 3. The molecule has 11 heteroatoms. The molecule has 0 fully saturated rings. The highest BCUT2D eigenvalue weighted by Crippen LogP contribution is 2.33. The average Bonchev–Trinajstić information content (AvgIpc) is 3.32. The number of hydrogen-bond acceptors (Lipinski definition) is 6. The largest absolute Gasteiger partial charge is 0.456 e. The van der Waals surface area contributed by atoms with Gasteiger partial charge in [0.05, 0.1) is 10.6 Å². The van der Waals surface area contributed by atoms with Gasteiger partial charge in [-0.3, -0.25) is 4.79 Å². The smallest absolute Gasteiger partial charge is 0.323 e. The van der Waals surface area contributed by atoms with Crippen LogP contribution in [0, 0.1) is 0 Å². The van der Waals surface area contributed by atoms with E-state index in [0.29, 0.717) is 51.1 Å². The number of carbonyl (C=O) groups is 2. The van der Waals surface area contributed by atoms with Crippen molar-refractivity contribution in [1.29, 1.82) is 0 Å². The molecule has 0 saturated carbocycles. The number of nitrogens with zero attached hydrogens (tertiary/aromatic N) is 3. The molecule has 10 nitrogen and oxygen atoms in total. The summed E-state index contributed by atoms with van der Waals surface area (Å²) in [6, 6.07) is 20.7.